The minimum atomic E-state index is -1.13. The van der Waals surface area contributed by atoms with Gasteiger partial charge in [-0.3, -0.25) is 10.1 Å². The van der Waals surface area contributed by atoms with E-state index in [-0.39, 0.29) is 30.8 Å². The summed E-state index contributed by atoms with van der Waals surface area (Å²) in [7, 11) is 0. The molecule has 5 heteroatoms. The molecule has 0 atom stereocenters. The van der Waals surface area contributed by atoms with Crippen molar-refractivity contribution < 1.29 is 14.4 Å². The van der Waals surface area contributed by atoms with Gasteiger partial charge in [-0.25, -0.2) is 0 Å². The maximum absolute atomic E-state index is 10.8. The summed E-state index contributed by atoms with van der Waals surface area (Å²) in [6.07, 6.45) is 1.44. The van der Waals surface area contributed by atoms with Gasteiger partial charge in [0.15, 0.2) is 6.29 Å². The Hall–Kier alpha value is -0.940. The van der Waals surface area contributed by atoms with Crippen molar-refractivity contribution >= 4 is 0 Å². The summed E-state index contributed by atoms with van der Waals surface area (Å²) >= 11 is 0. The van der Waals surface area contributed by atoms with Crippen molar-refractivity contribution in [3.63, 3.8) is 0 Å². The Labute approximate surface area is 76.5 Å². The minimum absolute atomic E-state index is 0.0905. The average molecular weight is 187 g/mol. The fourth-order valence-electron chi connectivity index (χ4n) is 1.20. The fourth-order valence-corrected chi connectivity index (χ4v) is 1.20. The summed E-state index contributed by atoms with van der Waals surface area (Å²) < 4.78 is 10.2. The van der Waals surface area contributed by atoms with Gasteiger partial charge in [0.2, 0.25) is 0 Å². The number of nitro groups is 1. The van der Waals surface area contributed by atoms with E-state index in [0.29, 0.717) is 0 Å². The predicted molar refractivity (Wildman–Crippen MR) is 45.9 cm³/mol. The zero-order valence-electron chi connectivity index (χ0n) is 7.56. The van der Waals surface area contributed by atoms with Gasteiger partial charge < -0.3 is 9.47 Å². The minimum Gasteiger partial charge on any atom is -0.345 e. The van der Waals surface area contributed by atoms with Crippen molar-refractivity contribution in [1.82, 2.24) is 0 Å². The van der Waals surface area contributed by atoms with E-state index >= 15 is 0 Å². The van der Waals surface area contributed by atoms with Crippen LogP contribution in [0.2, 0.25) is 0 Å². The Morgan fingerprint density at radius 3 is 2.62 bits per heavy atom. The largest absolute Gasteiger partial charge is 0.345 e. The molecule has 0 radical (unpaired) electrons. The van der Waals surface area contributed by atoms with Gasteiger partial charge in [-0.15, -0.1) is 6.58 Å². The summed E-state index contributed by atoms with van der Waals surface area (Å²) in [5, 5.41) is 10.8. The summed E-state index contributed by atoms with van der Waals surface area (Å²) in [6.45, 7) is 5.39. The van der Waals surface area contributed by atoms with Gasteiger partial charge in [0.1, 0.15) is 13.2 Å². The molecule has 1 heterocycles. The Morgan fingerprint density at radius 1 is 1.69 bits per heavy atom. The zero-order valence-corrected chi connectivity index (χ0v) is 7.56. The Balaban J connectivity index is 2.68. The van der Waals surface area contributed by atoms with Crippen LogP contribution < -0.4 is 0 Å². The van der Waals surface area contributed by atoms with Crippen LogP contribution in [-0.2, 0) is 9.47 Å². The van der Waals surface area contributed by atoms with Crippen molar-refractivity contribution in [3.8, 4) is 0 Å². The third-order valence-electron chi connectivity index (χ3n) is 2.09. The highest BCUT2D eigenvalue weighted by Gasteiger charge is 2.46. The van der Waals surface area contributed by atoms with E-state index in [1.54, 1.807) is 6.92 Å². The van der Waals surface area contributed by atoms with Crippen molar-refractivity contribution in [1.29, 1.82) is 0 Å². The second kappa shape index (κ2) is 3.85. The van der Waals surface area contributed by atoms with Gasteiger partial charge >= 0.3 is 0 Å². The summed E-state index contributed by atoms with van der Waals surface area (Å²) in [6, 6.07) is 0. The molecule has 0 aliphatic carbocycles. The molecule has 1 aliphatic heterocycles. The van der Waals surface area contributed by atoms with E-state index in [9.17, 15) is 10.1 Å². The standard InChI is InChI=1S/C8H13NO4/c1-3-4-8(9(10)11)5-12-7(2)13-6-8/h3,7H,1,4-6H2,2H3. The normalized spacial score (nSPS) is 34.1. The molecule has 0 N–H and O–H groups in total. The van der Waals surface area contributed by atoms with Crippen molar-refractivity contribution in [3.05, 3.63) is 22.8 Å². The molecule has 5 nitrogen and oxygen atoms in total. The van der Waals surface area contributed by atoms with Crippen LogP contribution in [0, 0.1) is 10.1 Å². The fraction of sp³-hybridized carbons (Fsp3) is 0.750. The van der Waals surface area contributed by atoms with Crippen LogP contribution in [0.4, 0.5) is 0 Å². The molecule has 0 aromatic rings. The highest BCUT2D eigenvalue weighted by Crippen LogP contribution is 2.22. The molecular formula is C8H13NO4. The van der Waals surface area contributed by atoms with E-state index in [4.69, 9.17) is 9.47 Å². The number of rotatable bonds is 3. The van der Waals surface area contributed by atoms with Crippen LogP contribution in [0.15, 0.2) is 12.7 Å². The highest BCUT2D eigenvalue weighted by atomic mass is 16.7. The van der Waals surface area contributed by atoms with E-state index in [1.165, 1.54) is 6.08 Å². The van der Waals surface area contributed by atoms with E-state index in [0.717, 1.165) is 0 Å². The SMILES string of the molecule is C=CCC1([N+](=O)[O-])COC(C)OC1. The number of nitrogens with zero attached hydrogens (tertiary/aromatic N) is 1. The zero-order chi connectivity index (χ0) is 9.90. The smallest absolute Gasteiger partial charge is 0.271 e. The average Bonchev–Trinajstić information content (AvgIpc) is 2.09. The lowest BCUT2D eigenvalue weighted by Crippen LogP contribution is -2.52. The topological polar surface area (TPSA) is 61.6 Å². The highest BCUT2D eigenvalue weighted by molar-refractivity contribution is 4.88. The molecule has 0 amide bonds. The molecule has 1 fully saturated rings. The number of ether oxygens (including phenoxy) is 2. The van der Waals surface area contributed by atoms with Gasteiger partial charge in [-0.05, 0) is 6.92 Å². The molecular weight excluding hydrogens is 174 g/mol. The third-order valence-corrected chi connectivity index (χ3v) is 2.09. The Kier molecular flexibility index (Phi) is 3.00. The molecule has 1 saturated heterocycles. The first-order chi connectivity index (χ1) is 6.10. The van der Waals surface area contributed by atoms with Crippen molar-refractivity contribution in [2.75, 3.05) is 13.2 Å². The second-order valence-electron chi connectivity index (χ2n) is 3.16. The van der Waals surface area contributed by atoms with Crippen LogP contribution in [0.3, 0.4) is 0 Å². The lowest BCUT2D eigenvalue weighted by atomic mass is 9.98. The maximum Gasteiger partial charge on any atom is 0.271 e. The molecule has 0 spiro atoms. The molecule has 0 aromatic heterocycles. The van der Waals surface area contributed by atoms with Crippen LogP contribution in [0.5, 0.6) is 0 Å². The monoisotopic (exact) mass is 187 g/mol. The number of hydrogen-bond acceptors (Lipinski definition) is 4. The summed E-state index contributed by atoms with van der Waals surface area (Å²) in [5.74, 6) is 0. The Morgan fingerprint density at radius 2 is 2.23 bits per heavy atom. The molecule has 1 aliphatic rings. The van der Waals surface area contributed by atoms with Gasteiger partial charge in [-0.1, -0.05) is 6.08 Å². The van der Waals surface area contributed by atoms with Crippen LogP contribution in [0.25, 0.3) is 0 Å². The van der Waals surface area contributed by atoms with Gasteiger partial charge in [-0.2, -0.15) is 0 Å². The van der Waals surface area contributed by atoms with E-state index in [2.05, 4.69) is 6.58 Å². The molecule has 13 heavy (non-hydrogen) atoms. The molecule has 0 bridgehead atoms. The molecule has 0 aromatic carbocycles. The third kappa shape index (κ3) is 2.05. The molecule has 74 valence electrons. The van der Waals surface area contributed by atoms with Crippen molar-refractivity contribution in [2.45, 2.75) is 25.2 Å². The van der Waals surface area contributed by atoms with Gasteiger partial charge in [0, 0.05) is 11.3 Å². The van der Waals surface area contributed by atoms with Crippen LogP contribution in [-0.4, -0.2) is 30.0 Å². The van der Waals surface area contributed by atoms with Crippen molar-refractivity contribution in [2.24, 2.45) is 0 Å². The Bertz CT molecular complexity index is 208. The summed E-state index contributed by atoms with van der Waals surface area (Å²) in [5.41, 5.74) is -1.13. The van der Waals surface area contributed by atoms with Gasteiger partial charge in [0.05, 0.1) is 0 Å². The lowest BCUT2D eigenvalue weighted by molar-refractivity contribution is -0.590. The molecule has 0 unspecified atom stereocenters. The summed E-state index contributed by atoms with van der Waals surface area (Å²) in [4.78, 5) is 10.4. The van der Waals surface area contributed by atoms with E-state index < -0.39 is 5.54 Å². The molecule has 0 saturated carbocycles. The first-order valence-electron chi connectivity index (χ1n) is 4.09. The quantitative estimate of drug-likeness (QED) is 0.375. The lowest BCUT2D eigenvalue weighted by Gasteiger charge is -2.31. The first kappa shape index (κ1) is 10.1. The maximum atomic E-state index is 10.8. The number of hydrogen-bond donors (Lipinski definition) is 0. The van der Waals surface area contributed by atoms with Crippen LogP contribution >= 0.6 is 0 Å². The predicted octanol–water partition coefficient (Wildman–Crippen LogP) is 0.971. The van der Waals surface area contributed by atoms with Crippen LogP contribution in [0.1, 0.15) is 13.3 Å². The first-order valence-corrected chi connectivity index (χ1v) is 4.09. The van der Waals surface area contributed by atoms with E-state index in [1.807, 2.05) is 0 Å². The molecule has 1 rings (SSSR count). The van der Waals surface area contributed by atoms with Gasteiger partial charge in [0.25, 0.3) is 5.54 Å². The second-order valence-corrected chi connectivity index (χ2v) is 3.16.